The van der Waals surface area contributed by atoms with Crippen molar-refractivity contribution in [2.45, 2.75) is 26.2 Å². The van der Waals surface area contributed by atoms with E-state index in [0.29, 0.717) is 29.4 Å². The van der Waals surface area contributed by atoms with Crippen molar-refractivity contribution in [1.29, 1.82) is 0 Å². The van der Waals surface area contributed by atoms with Crippen LogP contribution in [-0.2, 0) is 9.53 Å². The van der Waals surface area contributed by atoms with Crippen molar-refractivity contribution in [3.05, 3.63) is 16.5 Å². The van der Waals surface area contributed by atoms with E-state index < -0.39 is 0 Å². The fourth-order valence-corrected chi connectivity index (χ4v) is 3.79. The number of carbonyl (C=O) groups excluding carboxylic acids is 1. The molecule has 8 heteroatoms. The van der Waals surface area contributed by atoms with E-state index in [9.17, 15) is 4.79 Å². The first kappa shape index (κ1) is 16.3. The summed E-state index contributed by atoms with van der Waals surface area (Å²) in [6.07, 6.45) is 3.05. The first-order valence-electron chi connectivity index (χ1n) is 7.59. The number of aromatic nitrogens is 2. The standard InChI is InChI=1S/C15H18ClN3O3S/c1-10(20)21-7-4-11-3-2-6-19(9-11)15-17-14(22-18-15)13-12(16)5-8-23-13/h5,8,11H,2-4,6-7,9H2,1H3. The maximum absolute atomic E-state index is 10.8. The van der Waals surface area contributed by atoms with E-state index in [1.165, 1.54) is 18.3 Å². The third-order valence-corrected chi connectivity index (χ3v) is 5.19. The summed E-state index contributed by atoms with van der Waals surface area (Å²) in [5, 5.41) is 6.61. The molecule has 1 aliphatic rings. The van der Waals surface area contributed by atoms with Gasteiger partial charge in [0.25, 0.3) is 11.8 Å². The van der Waals surface area contributed by atoms with Crippen molar-refractivity contribution >= 4 is 34.9 Å². The number of esters is 1. The Morgan fingerprint density at radius 2 is 2.48 bits per heavy atom. The molecular weight excluding hydrogens is 338 g/mol. The minimum Gasteiger partial charge on any atom is -0.466 e. The monoisotopic (exact) mass is 355 g/mol. The second-order valence-electron chi connectivity index (χ2n) is 5.58. The van der Waals surface area contributed by atoms with Crippen molar-refractivity contribution in [2.24, 2.45) is 5.92 Å². The second kappa shape index (κ2) is 7.31. The van der Waals surface area contributed by atoms with Crippen molar-refractivity contribution in [3.8, 4) is 10.8 Å². The predicted molar refractivity (Wildman–Crippen MR) is 88.8 cm³/mol. The molecule has 6 nitrogen and oxygen atoms in total. The average Bonchev–Trinajstić information content (AvgIpc) is 3.15. The summed E-state index contributed by atoms with van der Waals surface area (Å²) in [7, 11) is 0. The van der Waals surface area contributed by atoms with E-state index in [-0.39, 0.29) is 5.97 Å². The molecule has 0 radical (unpaired) electrons. The highest BCUT2D eigenvalue weighted by atomic mass is 35.5. The van der Waals surface area contributed by atoms with Gasteiger partial charge in [0.05, 0.1) is 11.6 Å². The molecule has 0 aliphatic carbocycles. The van der Waals surface area contributed by atoms with Gasteiger partial charge in [-0.25, -0.2) is 0 Å². The summed E-state index contributed by atoms with van der Waals surface area (Å²) in [5.41, 5.74) is 0. The number of halogens is 1. The highest BCUT2D eigenvalue weighted by Gasteiger charge is 2.24. The van der Waals surface area contributed by atoms with Crippen LogP contribution in [0.1, 0.15) is 26.2 Å². The van der Waals surface area contributed by atoms with E-state index in [1.807, 2.05) is 11.4 Å². The molecule has 0 spiro atoms. The Kier molecular flexibility index (Phi) is 5.17. The smallest absolute Gasteiger partial charge is 0.302 e. The molecule has 2 aromatic rings. The number of nitrogens with zero attached hydrogens (tertiary/aromatic N) is 3. The number of anilines is 1. The number of ether oxygens (including phenoxy) is 1. The number of hydrogen-bond donors (Lipinski definition) is 0. The van der Waals surface area contributed by atoms with Gasteiger partial charge in [0.1, 0.15) is 4.88 Å². The third-order valence-electron chi connectivity index (χ3n) is 3.86. The fourth-order valence-electron chi connectivity index (χ4n) is 2.73. The maximum atomic E-state index is 10.8. The summed E-state index contributed by atoms with van der Waals surface area (Å²) >= 11 is 7.58. The predicted octanol–water partition coefficient (Wildman–Crippen LogP) is 3.62. The number of piperidine rings is 1. The van der Waals surface area contributed by atoms with Gasteiger partial charge in [-0.1, -0.05) is 11.6 Å². The summed E-state index contributed by atoms with van der Waals surface area (Å²) in [4.78, 5) is 18.2. The molecule has 124 valence electrons. The fraction of sp³-hybridized carbons (Fsp3) is 0.533. The zero-order valence-electron chi connectivity index (χ0n) is 12.8. The molecule has 2 aromatic heterocycles. The van der Waals surface area contributed by atoms with Crippen molar-refractivity contribution in [3.63, 3.8) is 0 Å². The highest BCUT2D eigenvalue weighted by Crippen LogP contribution is 2.33. The molecule has 23 heavy (non-hydrogen) atoms. The summed E-state index contributed by atoms with van der Waals surface area (Å²) in [5.74, 6) is 1.30. The summed E-state index contributed by atoms with van der Waals surface area (Å²) in [6.45, 7) is 3.65. The first-order chi connectivity index (χ1) is 11.1. The second-order valence-corrected chi connectivity index (χ2v) is 6.90. The lowest BCUT2D eigenvalue weighted by Gasteiger charge is -2.31. The topological polar surface area (TPSA) is 68.5 Å². The van der Waals surface area contributed by atoms with Crippen LogP contribution < -0.4 is 4.90 Å². The van der Waals surface area contributed by atoms with Crippen LogP contribution in [0.3, 0.4) is 0 Å². The van der Waals surface area contributed by atoms with Crippen LogP contribution in [0.4, 0.5) is 5.95 Å². The van der Waals surface area contributed by atoms with Gasteiger partial charge < -0.3 is 14.2 Å². The lowest BCUT2D eigenvalue weighted by Crippen LogP contribution is -2.36. The lowest BCUT2D eigenvalue weighted by atomic mass is 9.95. The third kappa shape index (κ3) is 4.03. The number of hydrogen-bond acceptors (Lipinski definition) is 7. The van der Waals surface area contributed by atoms with Crippen LogP contribution in [-0.4, -0.2) is 35.8 Å². The Balaban J connectivity index is 1.62. The van der Waals surface area contributed by atoms with Gasteiger partial charge in [-0.15, -0.1) is 11.3 Å². The molecule has 1 atom stereocenters. The number of rotatable bonds is 5. The van der Waals surface area contributed by atoms with Crippen LogP contribution in [0.15, 0.2) is 16.0 Å². The molecule has 0 N–H and O–H groups in total. The van der Waals surface area contributed by atoms with Crippen LogP contribution >= 0.6 is 22.9 Å². The Labute approximate surface area is 143 Å². The highest BCUT2D eigenvalue weighted by molar-refractivity contribution is 7.14. The molecule has 0 saturated carbocycles. The van der Waals surface area contributed by atoms with E-state index in [0.717, 1.165) is 37.2 Å². The Morgan fingerprint density at radius 3 is 3.22 bits per heavy atom. The zero-order chi connectivity index (χ0) is 16.2. The van der Waals surface area contributed by atoms with E-state index in [1.54, 1.807) is 0 Å². The molecule has 1 unspecified atom stereocenters. The summed E-state index contributed by atoms with van der Waals surface area (Å²) in [6, 6.07) is 1.82. The number of thiophene rings is 1. The summed E-state index contributed by atoms with van der Waals surface area (Å²) < 4.78 is 10.4. The van der Waals surface area contributed by atoms with Gasteiger partial charge in [0.2, 0.25) is 0 Å². The van der Waals surface area contributed by atoms with Gasteiger partial charge in [0.15, 0.2) is 0 Å². The molecule has 0 aromatic carbocycles. The molecule has 3 heterocycles. The molecule has 0 bridgehead atoms. The minimum atomic E-state index is -0.228. The van der Waals surface area contributed by atoms with Crippen LogP contribution in [0, 0.1) is 5.92 Å². The molecule has 1 aliphatic heterocycles. The Hall–Kier alpha value is -1.60. The maximum Gasteiger partial charge on any atom is 0.302 e. The van der Waals surface area contributed by atoms with E-state index >= 15 is 0 Å². The van der Waals surface area contributed by atoms with Crippen molar-refractivity contribution in [2.75, 3.05) is 24.6 Å². The Bertz CT molecular complexity index is 672. The van der Waals surface area contributed by atoms with Crippen molar-refractivity contribution < 1.29 is 14.1 Å². The zero-order valence-corrected chi connectivity index (χ0v) is 14.4. The largest absolute Gasteiger partial charge is 0.466 e. The molecule has 1 fully saturated rings. The van der Waals surface area contributed by atoms with E-state index in [4.69, 9.17) is 20.9 Å². The molecular formula is C15H18ClN3O3S. The molecule has 0 amide bonds. The lowest BCUT2D eigenvalue weighted by molar-refractivity contribution is -0.141. The first-order valence-corrected chi connectivity index (χ1v) is 8.84. The molecule has 3 rings (SSSR count). The van der Waals surface area contributed by atoms with Crippen LogP contribution in [0.5, 0.6) is 0 Å². The van der Waals surface area contributed by atoms with Gasteiger partial charge in [-0.05, 0) is 41.8 Å². The normalized spacial score (nSPS) is 18.2. The average molecular weight is 356 g/mol. The number of carbonyl (C=O) groups is 1. The van der Waals surface area contributed by atoms with Crippen molar-refractivity contribution in [1.82, 2.24) is 10.1 Å². The SMILES string of the molecule is CC(=O)OCCC1CCCN(c2noc(-c3sccc3Cl)n2)C1. The quantitative estimate of drug-likeness (QED) is 0.763. The van der Waals surface area contributed by atoms with Crippen LogP contribution in [0.25, 0.3) is 10.8 Å². The Morgan fingerprint density at radius 1 is 1.61 bits per heavy atom. The van der Waals surface area contributed by atoms with Gasteiger partial charge >= 0.3 is 5.97 Å². The van der Waals surface area contributed by atoms with Gasteiger partial charge in [-0.3, -0.25) is 4.79 Å². The van der Waals surface area contributed by atoms with E-state index in [2.05, 4.69) is 15.0 Å². The molecule has 1 saturated heterocycles. The van der Waals surface area contributed by atoms with Gasteiger partial charge in [0, 0.05) is 20.0 Å². The van der Waals surface area contributed by atoms with Gasteiger partial charge in [-0.2, -0.15) is 4.98 Å². The van der Waals surface area contributed by atoms with Crippen LogP contribution in [0.2, 0.25) is 5.02 Å². The minimum absolute atomic E-state index is 0.228.